The number of aryl methyl sites for hydroxylation is 1. The molecule has 28 heavy (non-hydrogen) atoms. The van der Waals surface area contributed by atoms with E-state index < -0.39 is 43.7 Å². The summed E-state index contributed by atoms with van der Waals surface area (Å²) in [6, 6.07) is 0. The first-order valence-electron chi connectivity index (χ1n) is 9.54. The second-order valence-corrected chi connectivity index (χ2v) is 8.67. The van der Waals surface area contributed by atoms with E-state index in [2.05, 4.69) is 11.9 Å². The molecule has 0 aromatic carbocycles. The van der Waals surface area contributed by atoms with Gasteiger partial charge in [0.25, 0.3) is 5.56 Å². The highest BCUT2D eigenvalue weighted by atomic mass is 31.2. The first-order chi connectivity index (χ1) is 13.3. The Bertz CT molecular complexity index is 842. The molecule has 2 fully saturated rings. The van der Waals surface area contributed by atoms with Crippen LogP contribution < -0.4 is 11.2 Å². The minimum atomic E-state index is -3.89. The number of fused-ring (bicyclic) bond motifs is 1. The molecule has 2 saturated heterocycles. The maximum absolute atomic E-state index is 15.0. The number of ether oxygens (including phenoxy) is 1. The fourth-order valence-electron chi connectivity index (χ4n) is 3.25. The molecular weight excluding hydrogens is 394 g/mol. The molecule has 5 atom stereocenters. The molecule has 2 aliphatic rings. The Labute approximate surface area is 161 Å². The molecule has 2 aliphatic heterocycles. The van der Waals surface area contributed by atoms with Crippen LogP contribution in [-0.4, -0.2) is 41.1 Å². The molecule has 9 nitrogen and oxygen atoms in total. The lowest BCUT2D eigenvalue weighted by Gasteiger charge is -2.30. The summed E-state index contributed by atoms with van der Waals surface area (Å²) in [7, 11) is -3.89. The number of hydrogen-bond acceptors (Lipinski definition) is 7. The Balaban J connectivity index is 1.63. The van der Waals surface area contributed by atoms with E-state index in [1.54, 1.807) is 0 Å². The van der Waals surface area contributed by atoms with Crippen LogP contribution in [0.5, 0.6) is 0 Å². The first-order valence-corrected chi connectivity index (χ1v) is 11.0. The third-order valence-electron chi connectivity index (χ3n) is 4.83. The highest BCUT2D eigenvalue weighted by Gasteiger charge is 2.54. The third kappa shape index (κ3) is 4.63. The monoisotopic (exact) mass is 420 g/mol. The summed E-state index contributed by atoms with van der Waals surface area (Å²) < 4.78 is 49.8. The van der Waals surface area contributed by atoms with Gasteiger partial charge in [0.15, 0.2) is 12.4 Å². The van der Waals surface area contributed by atoms with E-state index in [4.69, 9.17) is 18.3 Å². The maximum atomic E-state index is 15.0. The lowest BCUT2D eigenvalue weighted by atomic mass is 10.1. The molecule has 0 spiro atoms. The second kappa shape index (κ2) is 9.00. The quantitative estimate of drug-likeness (QED) is 0.509. The summed E-state index contributed by atoms with van der Waals surface area (Å²) >= 11 is 0. The summed E-state index contributed by atoms with van der Waals surface area (Å²) in [5.41, 5.74) is -1.11. The highest BCUT2D eigenvalue weighted by molar-refractivity contribution is 7.48. The molecule has 1 aromatic heterocycles. The van der Waals surface area contributed by atoms with Crippen molar-refractivity contribution in [2.45, 2.75) is 70.6 Å². The van der Waals surface area contributed by atoms with Crippen LogP contribution in [0.2, 0.25) is 0 Å². The van der Waals surface area contributed by atoms with E-state index in [1.807, 2.05) is 0 Å². The maximum Gasteiger partial charge on any atom is 0.475 e. The van der Waals surface area contributed by atoms with E-state index in [1.165, 1.54) is 13.1 Å². The predicted octanol–water partition coefficient (Wildman–Crippen LogP) is 2.59. The summed E-state index contributed by atoms with van der Waals surface area (Å²) in [4.78, 5) is 25.6. The van der Waals surface area contributed by atoms with Crippen molar-refractivity contribution in [3.8, 4) is 0 Å². The van der Waals surface area contributed by atoms with Crippen molar-refractivity contribution in [1.82, 2.24) is 9.55 Å². The second-order valence-electron chi connectivity index (χ2n) is 7.05. The minimum absolute atomic E-state index is 0.175. The van der Waals surface area contributed by atoms with Crippen LogP contribution in [0.15, 0.2) is 15.8 Å². The van der Waals surface area contributed by atoms with Crippen LogP contribution in [0.3, 0.4) is 0 Å². The molecule has 0 amide bonds. The number of aromatic amines is 1. The van der Waals surface area contributed by atoms with Gasteiger partial charge in [0.1, 0.15) is 12.2 Å². The number of alkyl halides is 1. The molecule has 1 unspecified atom stereocenters. The van der Waals surface area contributed by atoms with Gasteiger partial charge in [-0.1, -0.05) is 32.6 Å². The standard InChI is InChI=1S/C17H26FN2O7P/c1-3-4-5-6-7-8-24-28(23)25-10-12-14(27-28)13(18)16(26-12)20-9-11(2)15(21)19-17(20)22/h9,12-14,16H,3-8,10H2,1-2H3,(H,19,21,22)/t12-,13+,14-,16-,28?/m0/s1. The van der Waals surface area contributed by atoms with Crippen molar-refractivity contribution in [3.05, 3.63) is 32.6 Å². The van der Waals surface area contributed by atoms with Crippen LogP contribution in [0.1, 0.15) is 50.8 Å². The number of nitrogens with one attached hydrogen (secondary N) is 1. The smallest absolute Gasteiger partial charge is 0.346 e. The molecule has 0 bridgehead atoms. The highest BCUT2D eigenvalue weighted by Crippen LogP contribution is 2.57. The van der Waals surface area contributed by atoms with Crippen molar-refractivity contribution in [3.63, 3.8) is 0 Å². The van der Waals surface area contributed by atoms with Gasteiger partial charge in [0, 0.05) is 11.8 Å². The molecule has 0 aliphatic carbocycles. The molecule has 158 valence electrons. The minimum Gasteiger partial charge on any atom is -0.346 e. The van der Waals surface area contributed by atoms with Gasteiger partial charge in [-0.05, 0) is 13.3 Å². The van der Waals surface area contributed by atoms with Crippen LogP contribution in [-0.2, 0) is 22.9 Å². The van der Waals surface area contributed by atoms with Gasteiger partial charge in [-0.25, -0.2) is 13.8 Å². The number of hydrogen-bond donors (Lipinski definition) is 1. The number of H-pyrrole nitrogens is 1. The lowest BCUT2D eigenvalue weighted by molar-refractivity contribution is -0.0724. The molecule has 0 radical (unpaired) electrons. The fourth-order valence-corrected chi connectivity index (χ4v) is 4.68. The SMILES string of the molecule is CCCCCCCOP1(=O)OC[C@@H]2O[C@H](n3cc(C)c(=O)[nH]c3=O)[C@H](F)[C@H]2O1. The van der Waals surface area contributed by atoms with Crippen LogP contribution in [0, 0.1) is 6.92 Å². The van der Waals surface area contributed by atoms with E-state index in [-0.39, 0.29) is 18.8 Å². The van der Waals surface area contributed by atoms with E-state index >= 15 is 0 Å². The Hall–Kier alpha value is -1.32. The number of unbranched alkanes of at least 4 members (excludes halogenated alkanes) is 4. The number of phosphoric ester groups is 1. The van der Waals surface area contributed by atoms with E-state index in [9.17, 15) is 18.5 Å². The average Bonchev–Trinajstić information content (AvgIpc) is 2.97. The van der Waals surface area contributed by atoms with Gasteiger partial charge in [0.05, 0.1) is 13.2 Å². The van der Waals surface area contributed by atoms with E-state index in [0.717, 1.165) is 30.3 Å². The van der Waals surface area contributed by atoms with Gasteiger partial charge < -0.3 is 4.74 Å². The zero-order valence-electron chi connectivity index (χ0n) is 16.0. The lowest BCUT2D eigenvalue weighted by Crippen LogP contribution is -2.39. The summed E-state index contributed by atoms with van der Waals surface area (Å²) in [5.74, 6) is 0. The van der Waals surface area contributed by atoms with Crippen molar-refractivity contribution in [2.75, 3.05) is 13.2 Å². The Kier molecular flexibility index (Phi) is 6.88. The molecule has 3 rings (SSSR count). The Morgan fingerprint density at radius 2 is 2.07 bits per heavy atom. The van der Waals surface area contributed by atoms with Crippen molar-refractivity contribution in [1.29, 1.82) is 0 Å². The molecule has 1 aromatic rings. The van der Waals surface area contributed by atoms with Crippen LogP contribution in [0.25, 0.3) is 0 Å². The zero-order valence-corrected chi connectivity index (χ0v) is 16.9. The molecule has 11 heteroatoms. The van der Waals surface area contributed by atoms with Crippen LogP contribution >= 0.6 is 7.82 Å². The van der Waals surface area contributed by atoms with Gasteiger partial charge in [-0.2, -0.15) is 0 Å². The van der Waals surface area contributed by atoms with Crippen molar-refractivity contribution in [2.24, 2.45) is 0 Å². The predicted molar refractivity (Wildman–Crippen MR) is 98.0 cm³/mol. The zero-order chi connectivity index (χ0) is 20.3. The Morgan fingerprint density at radius 3 is 2.82 bits per heavy atom. The number of aromatic nitrogens is 2. The summed E-state index contributed by atoms with van der Waals surface area (Å²) in [5, 5.41) is 0. The van der Waals surface area contributed by atoms with Gasteiger partial charge >= 0.3 is 13.5 Å². The van der Waals surface area contributed by atoms with Crippen LogP contribution in [0.4, 0.5) is 4.39 Å². The molecular formula is C17H26FN2O7P. The fraction of sp³-hybridized carbons (Fsp3) is 0.765. The number of nitrogens with zero attached hydrogens (tertiary/aromatic N) is 1. The van der Waals surface area contributed by atoms with Crippen molar-refractivity contribution < 1.29 is 27.3 Å². The largest absolute Gasteiger partial charge is 0.475 e. The molecule has 1 N–H and O–H groups in total. The van der Waals surface area contributed by atoms with Gasteiger partial charge in [-0.3, -0.25) is 27.9 Å². The number of phosphoric acid groups is 1. The summed E-state index contributed by atoms with van der Waals surface area (Å²) in [6.07, 6.45) is 1.04. The van der Waals surface area contributed by atoms with E-state index in [0.29, 0.717) is 6.42 Å². The third-order valence-corrected chi connectivity index (χ3v) is 6.30. The van der Waals surface area contributed by atoms with Crippen molar-refractivity contribution >= 4 is 7.82 Å². The van der Waals surface area contributed by atoms with Gasteiger partial charge in [-0.15, -0.1) is 0 Å². The Morgan fingerprint density at radius 1 is 1.32 bits per heavy atom. The topological polar surface area (TPSA) is 109 Å². The normalized spacial score (nSPS) is 32.4. The first kappa shape index (κ1) is 21.4. The average molecular weight is 420 g/mol. The molecule has 0 saturated carbocycles. The molecule has 3 heterocycles. The van der Waals surface area contributed by atoms with Gasteiger partial charge in [0.2, 0.25) is 0 Å². The number of halogens is 1. The summed E-state index contributed by atoms with van der Waals surface area (Å²) in [6.45, 7) is 3.62. The number of rotatable bonds is 8.